The molecular weight excluding hydrogens is 248 g/mol. The maximum Gasteiger partial charge on any atom is 0.0647 e. The quantitative estimate of drug-likeness (QED) is 0.891. The highest BCUT2D eigenvalue weighted by molar-refractivity contribution is 6.30. The summed E-state index contributed by atoms with van der Waals surface area (Å²) in [5.74, 6) is 0. The van der Waals surface area contributed by atoms with Gasteiger partial charge in [-0.3, -0.25) is 0 Å². The first-order valence-corrected chi connectivity index (χ1v) is 6.83. The number of anilines is 1. The largest absolute Gasteiger partial charge is 0.394 e. The summed E-state index contributed by atoms with van der Waals surface area (Å²) in [6, 6.07) is 8.58. The van der Waals surface area contributed by atoms with Crippen LogP contribution in [0.5, 0.6) is 0 Å². The molecule has 1 N–H and O–H groups in total. The number of aliphatic hydroxyl groups excluding tert-OH is 1. The van der Waals surface area contributed by atoms with Gasteiger partial charge in [-0.05, 0) is 44.7 Å². The number of nitrogens with zero attached hydrogens (tertiary/aromatic N) is 2. The van der Waals surface area contributed by atoms with Gasteiger partial charge >= 0.3 is 0 Å². The summed E-state index contributed by atoms with van der Waals surface area (Å²) in [5.41, 5.74) is 1.14. The van der Waals surface area contributed by atoms with Crippen LogP contribution in [0.2, 0.25) is 5.02 Å². The molecule has 0 spiro atoms. The van der Waals surface area contributed by atoms with E-state index in [2.05, 4.69) is 23.8 Å². The average Bonchev–Trinajstić information content (AvgIpc) is 2.51. The van der Waals surface area contributed by atoms with Crippen LogP contribution >= 0.6 is 11.6 Å². The summed E-state index contributed by atoms with van der Waals surface area (Å²) < 4.78 is 0. The smallest absolute Gasteiger partial charge is 0.0647 e. The molecule has 2 unspecified atom stereocenters. The van der Waals surface area contributed by atoms with Gasteiger partial charge < -0.3 is 14.9 Å². The first-order chi connectivity index (χ1) is 8.61. The van der Waals surface area contributed by atoms with Crippen LogP contribution in [-0.4, -0.2) is 48.8 Å². The van der Waals surface area contributed by atoms with Crippen molar-refractivity contribution >= 4 is 17.3 Å². The average molecular weight is 269 g/mol. The molecule has 0 aromatic heterocycles. The Morgan fingerprint density at radius 3 is 2.61 bits per heavy atom. The highest BCUT2D eigenvalue weighted by atomic mass is 35.5. The van der Waals surface area contributed by atoms with E-state index in [4.69, 9.17) is 11.6 Å². The fourth-order valence-electron chi connectivity index (χ4n) is 2.47. The van der Waals surface area contributed by atoms with Gasteiger partial charge in [0, 0.05) is 29.8 Å². The lowest BCUT2D eigenvalue weighted by molar-refractivity contribution is 0.206. The highest BCUT2D eigenvalue weighted by Crippen LogP contribution is 2.23. The van der Waals surface area contributed by atoms with Crippen LogP contribution in [0.4, 0.5) is 5.69 Å². The molecule has 0 aliphatic carbocycles. The van der Waals surface area contributed by atoms with Crippen molar-refractivity contribution in [1.29, 1.82) is 0 Å². The van der Waals surface area contributed by atoms with E-state index in [0.717, 1.165) is 30.2 Å². The van der Waals surface area contributed by atoms with Crippen molar-refractivity contribution < 1.29 is 5.11 Å². The standard InChI is InChI=1S/C14H21ClN2O/c1-11-7-8-17(14(10-18)9-16(11)2)13-5-3-12(15)4-6-13/h3-6,11,14,18H,7-10H2,1-2H3. The molecule has 1 saturated heterocycles. The zero-order valence-corrected chi connectivity index (χ0v) is 11.8. The van der Waals surface area contributed by atoms with Gasteiger partial charge in [0.2, 0.25) is 0 Å². The summed E-state index contributed by atoms with van der Waals surface area (Å²) >= 11 is 5.92. The van der Waals surface area contributed by atoms with Crippen molar-refractivity contribution in [2.24, 2.45) is 0 Å². The molecule has 3 nitrogen and oxygen atoms in total. The van der Waals surface area contributed by atoms with Crippen molar-refractivity contribution in [2.45, 2.75) is 25.4 Å². The molecule has 4 heteroatoms. The fourth-order valence-corrected chi connectivity index (χ4v) is 2.59. The third-order valence-corrected chi connectivity index (χ3v) is 4.10. The first-order valence-electron chi connectivity index (χ1n) is 6.45. The Hall–Kier alpha value is -0.770. The molecule has 0 radical (unpaired) electrons. The minimum atomic E-state index is 0.154. The van der Waals surface area contributed by atoms with E-state index >= 15 is 0 Å². The second-order valence-corrected chi connectivity index (χ2v) is 5.52. The molecular formula is C14H21ClN2O. The highest BCUT2D eigenvalue weighted by Gasteiger charge is 2.26. The van der Waals surface area contributed by atoms with E-state index in [1.165, 1.54) is 0 Å². The zero-order chi connectivity index (χ0) is 13.1. The molecule has 1 heterocycles. The molecule has 0 saturated carbocycles. The van der Waals surface area contributed by atoms with Crippen molar-refractivity contribution in [3.05, 3.63) is 29.3 Å². The molecule has 18 heavy (non-hydrogen) atoms. The van der Waals surface area contributed by atoms with Crippen molar-refractivity contribution in [1.82, 2.24) is 4.90 Å². The van der Waals surface area contributed by atoms with Gasteiger partial charge in [-0.25, -0.2) is 0 Å². The van der Waals surface area contributed by atoms with Crippen LogP contribution in [0.25, 0.3) is 0 Å². The van der Waals surface area contributed by atoms with E-state index in [0.29, 0.717) is 6.04 Å². The zero-order valence-electron chi connectivity index (χ0n) is 11.0. The summed E-state index contributed by atoms with van der Waals surface area (Å²) in [4.78, 5) is 4.60. The van der Waals surface area contributed by atoms with Gasteiger partial charge in [0.05, 0.1) is 12.6 Å². The van der Waals surface area contributed by atoms with Crippen LogP contribution < -0.4 is 4.90 Å². The topological polar surface area (TPSA) is 26.7 Å². The Morgan fingerprint density at radius 2 is 2.00 bits per heavy atom. The van der Waals surface area contributed by atoms with E-state index in [-0.39, 0.29) is 12.6 Å². The van der Waals surface area contributed by atoms with Crippen LogP contribution in [0.15, 0.2) is 24.3 Å². The van der Waals surface area contributed by atoms with Gasteiger partial charge in [0.15, 0.2) is 0 Å². The normalized spacial score (nSPS) is 26.1. The van der Waals surface area contributed by atoms with Gasteiger partial charge in [0.1, 0.15) is 0 Å². The van der Waals surface area contributed by atoms with Gasteiger partial charge in [-0.2, -0.15) is 0 Å². The lowest BCUT2D eigenvalue weighted by atomic mass is 10.2. The molecule has 1 aromatic rings. The van der Waals surface area contributed by atoms with E-state index < -0.39 is 0 Å². The Balaban J connectivity index is 2.21. The number of aliphatic hydroxyl groups is 1. The lowest BCUT2D eigenvalue weighted by Gasteiger charge is -2.31. The van der Waals surface area contributed by atoms with Crippen LogP contribution in [0.1, 0.15) is 13.3 Å². The van der Waals surface area contributed by atoms with E-state index in [1.807, 2.05) is 24.3 Å². The predicted molar refractivity (Wildman–Crippen MR) is 76.4 cm³/mol. The Kier molecular flexibility index (Phi) is 4.49. The minimum Gasteiger partial charge on any atom is -0.394 e. The van der Waals surface area contributed by atoms with Gasteiger partial charge in [0.25, 0.3) is 0 Å². The Bertz CT molecular complexity index is 382. The first kappa shape index (κ1) is 13.7. The Morgan fingerprint density at radius 1 is 1.33 bits per heavy atom. The summed E-state index contributed by atoms with van der Waals surface area (Å²) in [6.07, 6.45) is 1.11. The summed E-state index contributed by atoms with van der Waals surface area (Å²) in [7, 11) is 2.12. The third kappa shape index (κ3) is 2.97. The van der Waals surface area contributed by atoms with Crippen LogP contribution in [0.3, 0.4) is 0 Å². The van der Waals surface area contributed by atoms with E-state index in [1.54, 1.807) is 0 Å². The van der Waals surface area contributed by atoms with Crippen molar-refractivity contribution in [3.8, 4) is 0 Å². The summed E-state index contributed by atoms with van der Waals surface area (Å²) in [6.45, 7) is 4.28. The molecule has 0 amide bonds. The number of hydrogen-bond acceptors (Lipinski definition) is 3. The number of rotatable bonds is 2. The predicted octanol–water partition coefficient (Wildman–Crippen LogP) is 2.23. The second-order valence-electron chi connectivity index (χ2n) is 5.08. The molecule has 1 aliphatic heterocycles. The number of benzene rings is 1. The minimum absolute atomic E-state index is 0.154. The molecule has 1 aliphatic rings. The number of halogens is 1. The molecule has 2 rings (SSSR count). The van der Waals surface area contributed by atoms with Gasteiger partial charge in [-0.1, -0.05) is 11.6 Å². The van der Waals surface area contributed by atoms with Crippen LogP contribution in [-0.2, 0) is 0 Å². The SMILES string of the molecule is CC1CCN(c2ccc(Cl)cc2)C(CO)CN1C. The van der Waals surface area contributed by atoms with Crippen molar-refractivity contribution in [3.63, 3.8) is 0 Å². The molecule has 1 fully saturated rings. The molecule has 100 valence electrons. The second kappa shape index (κ2) is 5.91. The number of likely N-dealkylation sites (N-methyl/N-ethyl adjacent to an activating group) is 1. The maximum absolute atomic E-state index is 9.61. The molecule has 0 bridgehead atoms. The molecule has 1 aromatic carbocycles. The van der Waals surface area contributed by atoms with E-state index in [9.17, 15) is 5.11 Å². The van der Waals surface area contributed by atoms with Gasteiger partial charge in [-0.15, -0.1) is 0 Å². The maximum atomic E-state index is 9.61. The third-order valence-electron chi connectivity index (χ3n) is 3.85. The fraction of sp³-hybridized carbons (Fsp3) is 0.571. The van der Waals surface area contributed by atoms with Crippen LogP contribution in [0, 0.1) is 0 Å². The Labute approximate surface area is 114 Å². The van der Waals surface area contributed by atoms with Crippen molar-refractivity contribution in [2.75, 3.05) is 31.6 Å². The summed E-state index contributed by atoms with van der Waals surface area (Å²) in [5, 5.41) is 10.4. The molecule has 2 atom stereocenters. The lowest BCUT2D eigenvalue weighted by Crippen LogP contribution is -2.43. The monoisotopic (exact) mass is 268 g/mol. The number of hydrogen-bond donors (Lipinski definition) is 1.